The number of aromatic nitrogens is 1. The number of halogens is 1. The van der Waals surface area contributed by atoms with Crippen molar-refractivity contribution in [1.29, 1.82) is 0 Å². The molecule has 142 valence electrons. The third kappa shape index (κ3) is 6.30. The van der Waals surface area contributed by atoms with Crippen molar-refractivity contribution in [3.63, 3.8) is 0 Å². The van der Waals surface area contributed by atoms with E-state index in [-0.39, 0.29) is 5.92 Å². The molecule has 4 nitrogen and oxygen atoms in total. The molecule has 0 bridgehead atoms. The summed E-state index contributed by atoms with van der Waals surface area (Å²) in [6, 6.07) is 2.13. The van der Waals surface area contributed by atoms with Crippen LogP contribution in [0.15, 0.2) is 48.7 Å². The largest absolute Gasteiger partial charge is 0.491 e. The van der Waals surface area contributed by atoms with Gasteiger partial charge in [-0.05, 0) is 47.9 Å². The lowest BCUT2D eigenvalue weighted by atomic mass is 10.0. The fraction of sp³-hybridized carbons (Fsp3) is 0.476. The van der Waals surface area contributed by atoms with E-state index in [1.165, 1.54) is 23.6 Å². The standard InChI is InChI=1S/C21H29FN2O2/c1-15(2)17(4)20(12-16(3)22)26-11-10-25-9-8-23-21-13-18-6-5-7-19(18)14-24-21/h12-15H,3-11H2,1-2H3,(H,23,24)/b20-12+. The quantitative estimate of drug-likeness (QED) is 0.356. The first-order chi connectivity index (χ1) is 12.5. The summed E-state index contributed by atoms with van der Waals surface area (Å²) < 4.78 is 24.2. The number of ether oxygens (including phenoxy) is 2. The van der Waals surface area contributed by atoms with E-state index in [0.29, 0.717) is 32.1 Å². The minimum absolute atomic E-state index is 0.172. The van der Waals surface area contributed by atoms with Crippen LogP contribution in [0, 0.1) is 5.92 Å². The van der Waals surface area contributed by atoms with E-state index in [4.69, 9.17) is 9.47 Å². The van der Waals surface area contributed by atoms with Gasteiger partial charge >= 0.3 is 0 Å². The minimum atomic E-state index is -0.547. The summed E-state index contributed by atoms with van der Waals surface area (Å²) in [5, 5.41) is 3.27. The maximum atomic E-state index is 13.1. The first-order valence-corrected chi connectivity index (χ1v) is 9.15. The third-order valence-electron chi connectivity index (χ3n) is 4.31. The van der Waals surface area contributed by atoms with Gasteiger partial charge in [0.05, 0.1) is 13.2 Å². The fourth-order valence-electron chi connectivity index (χ4n) is 2.77. The summed E-state index contributed by atoms with van der Waals surface area (Å²) in [6.45, 7) is 13.1. The topological polar surface area (TPSA) is 43.4 Å². The maximum Gasteiger partial charge on any atom is 0.126 e. The molecule has 0 saturated carbocycles. The molecule has 1 aliphatic rings. The van der Waals surface area contributed by atoms with Crippen LogP contribution in [0.5, 0.6) is 0 Å². The highest BCUT2D eigenvalue weighted by molar-refractivity contribution is 5.42. The zero-order valence-corrected chi connectivity index (χ0v) is 15.8. The van der Waals surface area contributed by atoms with E-state index >= 15 is 0 Å². The molecule has 0 atom stereocenters. The molecule has 1 heterocycles. The van der Waals surface area contributed by atoms with E-state index < -0.39 is 5.83 Å². The average molecular weight is 360 g/mol. The summed E-state index contributed by atoms with van der Waals surface area (Å²) >= 11 is 0. The van der Waals surface area contributed by atoms with Crippen LogP contribution in [-0.2, 0) is 22.3 Å². The molecule has 0 spiro atoms. The molecular weight excluding hydrogens is 331 g/mol. The normalized spacial score (nSPS) is 13.6. The molecule has 0 amide bonds. The lowest BCUT2D eigenvalue weighted by Gasteiger charge is -2.15. The van der Waals surface area contributed by atoms with Crippen LogP contribution in [-0.4, -0.2) is 31.3 Å². The molecule has 1 aromatic rings. The number of pyridine rings is 1. The Balaban J connectivity index is 1.64. The molecule has 0 fully saturated rings. The molecule has 0 unspecified atom stereocenters. The zero-order chi connectivity index (χ0) is 18.9. The fourth-order valence-corrected chi connectivity index (χ4v) is 2.77. The van der Waals surface area contributed by atoms with Crippen molar-refractivity contribution in [3.05, 3.63) is 59.8 Å². The van der Waals surface area contributed by atoms with Crippen molar-refractivity contribution in [3.8, 4) is 0 Å². The predicted molar refractivity (Wildman–Crippen MR) is 104 cm³/mol. The summed E-state index contributed by atoms with van der Waals surface area (Å²) in [4.78, 5) is 4.42. The van der Waals surface area contributed by atoms with Gasteiger partial charge in [-0.15, -0.1) is 0 Å². The number of anilines is 1. The van der Waals surface area contributed by atoms with Crippen molar-refractivity contribution >= 4 is 5.82 Å². The van der Waals surface area contributed by atoms with E-state index in [2.05, 4.69) is 29.5 Å². The number of hydrogen-bond donors (Lipinski definition) is 1. The van der Waals surface area contributed by atoms with Crippen LogP contribution < -0.4 is 5.32 Å². The number of aryl methyl sites for hydroxylation is 2. The Bertz CT molecular complexity index is 668. The van der Waals surface area contributed by atoms with Gasteiger partial charge in [-0.2, -0.15) is 0 Å². The Labute approximate surface area is 155 Å². The van der Waals surface area contributed by atoms with Gasteiger partial charge in [0.25, 0.3) is 0 Å². The number of hydrogen-bond acceptors (Lipinski definition) is 4. The van der Waals surface area contributed by atoms with E-state index in [9.17, 15) is 4.39 Å². The molecule has 2 rings (SSSR count). The van der Waals surface area contributed by atoms with Crippen molar-refractivity contribution in [2.45, 2.75) is 33.1 Å². The second-order valence-corrected chi connectivity index (χ2v) is 6.71. The van der Waals surface area contributed by atoms with Gasteiger partial charge in [-0.3, -0.25) is 0 Å². The molecule has 26 heavy (non-hydrogen) atoms. The lowest BCUT2D eigenvalue weighted by molar-refractivity contribution is 0.0825. The third-order valence-corrected chi connectivity index (χ3v) is 4.31. The average Bonchev–Trinajstić information content (AvgIpc) is 3.06. The van der Waals surface area contributed by atoms with Gasteiger partial charge in [0, 0.05) is 18.8 Å². The number of fused-ring (bicyclic) bond motifs is 1. The Hall–Kier alpha value is -2.14. The van der Waals surface area contributed by atoms with Gasteiger partial charge in [-0.25, -0.2) is 9.37 Å². The van der Waals surface area contributed by atoms with Crippen molar-refractivity contribution in [2.24, 2.45) is 5.92 Å². The molecule has 5 heteroatoms. The van der Waals surface area contributed by atoms with E-state index in [0.717, 1.165) is 24.2 Å². The van der Waals surface area contributed by atoms with Crippen LogP contribution in [0.4, 0.5) is 10.2 Å². The van der Waals surface area contributed by atoms with Crippen molar-refractivity contribution < 1.29 is 13.9 Å². The second-order valence-electron chi connectivity index (χ2n) is 6.71. The van der Waals surface area contributed by atoms with Gasteiger partial charge in [-0.1, -0.05) is 27.0 Å². The highest BCUT2D eigenvalue weighted by Crippen LogP contribution is 2.23. The number of allylic oxidation sites excluding steroid dienone is 3. The summed E-state index contributed by atoms with van der Waals surface area (Å²) in [5.74, 6) is 0.946. The van der Waals surface area contributed by atoms with Crippen LogP contribution in [0.3, 0.4) is 0 Å². The van der Waals surface area contributed by atoms with Crippen molar-refractivity contribution in [1.82, 2.24) is 4.98 Å². The van der Waals surface area contributed by atoms with Crippen molar-refractivity contribution in [2.75, 3.05) is 31.7 Å². The molecular formula is C21H29FN2O2. The molecule has 1 aromatic heterocycles. The smallest absolute Gasteiger partial charge is 0.126 e. The van der Waals surface area contributed by atoms with Crippen LogP contribution in [0.25, 0.3) is 0 Å². The molecule has 0 aliphatic heterocycles. The summed E-state index contributed by atoms with van der Waals surface area (Å²) in [5.41, 5.74) is 3.51. The maximum absolute atomic E-state index is 13.1. The Morgan fingerprint density at radius 2 is 2.04 bits per heavy atom. The van der Waals surface area contributed by atoms with Gasteiger partial charge in [0.1, 0.15) is 24.0 Å². The van der Waals surface area contributed by atoms with Gasteiger partial charge in [0.15, 0.2) is 0 Å². The SMILES string of the molecule is C=C(F)/C=C(/OCCOCCNc1cc2c(cn1)CCC2)C(=C)C(C)C. The number of rotatable bonds is 11. The second kappa shape index (κ2) is 10.1. The predicted octanol–water partition coefficient (Wildman–Crippen LogP) is 4.59. The van der Waals surface area contributed by atoms with Crippen LogP contribution >= 0.6 is 0 Å². The van der Waals surface area contributed by atoms with Crippen LogP contribution in [0.2, 0.25) is 0 Å². The van der Waals surface area contributed by atoms with Crippen LogP contribution in [0.1, 0.15) is 31.4 Å². The summed E-state index contributed by atoms with van der Waals surface area (Å²) in [6.07, 6.45) is 6.74. The monoisotopic (exact) mass is 360 g/mol. The first-order valence-electron chi connectivity index (χ1n) is 9.15. The Morgan fingerprint density at radius 3 is 2.77 bits per heavy atom. The Morgan fingerprint density at radius 1 is 1.27 bits per heavy atom. The summed E-state index contributed by atoms with van der Waals surface area (Å²) in [7, 11) is 0. The highest BCUT2D eigenvalue weighted by atomic mass is 19.1. The zero-order valence-electron chi connectivity index (χ0n) is 15.8. The van der Waals surface area contributed by atoms with E-state index in [1.807, 2.05) is 20.0 Å². The van der Waals surface area contributed by atoms with Gasteiger partial charge < -0.3 is 14.8 Å². The minimum Gasteiger partial charge on any atom is -0.491 e. The molecule has 0 saturated heterocycles. The molecule has 1 aliphatic carbocycles. The molecule has 1 N–H and O–H groups in total. The Kier molecular flexibility index (Phi) is 7.85. The van der Waals surface area contributed by atoms with E-state index in [1.54, 1.807) is 0 Å². The number of nitrogens with zero attached hydrogens (tertiary/aromatic N) is 1. The first kappa shape index (κ1) is 20.2. The lowest BCUT2D eigenvalue weighted by Crippen LogP contribution is -2.14. The highest BCUT2D eigenvalue weighted by Gasteiger charge is 2.11. The number of nitrogens with one attached hydrogen (secondary N) is 1. The molecule has 0 radical (unpaired) electrons. The van der Waals surface area contributed by atoms with Gasteiger partial charge in [0.2, 0.25) is 0 Å². The molecule has 0 aromatic carbocycles.